The topological polar surface area (TPSA) is 37.8 Å². The van der Waals surface area contributed by atoms with E-state index in [0.717, 1.165) is 10.4 Å². The Morgan fingerprint density at radius 2 is 2.12 bits per heavy atom. The zero-order chi connectivity index (χ0) is 11.5. The van der Waals surface area contributed by atoms with E-state index in [1.54, 1.807) is 12.3 Å². The number of halogens is 2. The molecule has 0 spiro atoms. The minimum Gasteiger partial charge on any atom is -0.309 e. The molecular weight excluding hydrogens is 265 g/mol. The average Bonchev–Trinajstić information content (AvgIpc) is 2.78. The first kappa shape index (κ1) is 11.8. The molecule has 1 aromatic carbocycles. The van der Waals surface area contributed by atoms with Crippen molar-refractivity contribution in [3.05, 3.63) is 44.9 Å². The van der Waals surface area contributed by atoms with Gasteiger partial charge in [0.15, 0.2) is 0 Å². The van der Waals surface area contributed by atoms with Crippen LogP contribution in [0.15, 0.2) is 24.4 Å². The Bertz CT molecular complexity index is 473. The third-order valence-electron chi connectivity index (χ3n) is 2.23. The van der Waals surface area contributed by atoms with Gasteiger partial charge in [-0.3, -0.25) is 0 Å². The second-order valence-corrected chi connectivity index (χ2v) is 4.85. The number of nitrogens with one attached hydrogen (secondary N) is 1. The summed E-state index contributed by atoms with van der Waals surface area (Å²) in [5, 5.41) is 8.13. The molecule has 0 saturated carbocycles. The summed E-state index contributed by atoms with van der Waals surface area (Å²) < 4.78 is 3.85. The Balaban J connectivity index is 2.37. The van der Waals surface area contributed by atoms with E-state index in [4.69, 9.17) is 23.2 Å². The van der Waals surface area contributed by atoms with Gasteiger partial charge >= 0.3 is 0 Å². The average molecular weight is 274 g/mol. The largest absolute Gasteiger partial charge is 0.309 e. The smallest absolute Gasteiger partial charge is 0.0701 e. The van der Waals surface area contributed by atoms with Crippen LogP contribution in [0.25, 0.3) is 0 Å². The molecule has 0 radical (unpaired) electrons. The third-order valence-corrected chi connectivity index (χ3v) is 3.70. The highest BCUT2D eigenvalue weighted by Crippen LogP contribution is 2.29. The number of benzene rings is 1. The van der Waals surface area contributed by atoms with Gasteiger partial charge in [0.1, 0.15) is 0 Å². The lowest BCUT2D eigenvalue weighted by atomic mass is 10.1. The molecule has 0 aliphatic rings. The normalized spacial score (nSPS) is 12.7. The molecule has 1 unspecified atom stereocenters. The molecule has 0 aliphatic heterocycles. The molecule has 2 aromatic rings. The van der Waals surface area contributed by atoms with Crippen LogP contribution >= 0.6 is 34.7 Å². The molecular formula is C10H9Cl2N3S. The molecule has 2 rings (SSSR count). The van der Waals surface area contributed by atoms with Gasteiger partial charge in [-0.15, -0.1) is 5.10 Å². The second kappa shape index (κ2) is 5.10. The van der Waals surface area contributed by atoms with Crippen molar-refractivity contribution in [2.24, 2.45) is 0 Å². The van der Waals surface area contributed by atoms with Crippen molar-refractivity contribution in [2.75, 3.05) is 7.05 Å². The van der Waals surface area contributed by atoms with Crippen molar-refractivity contribution in [1.29, 1.82) is 0 Å². The van der Waals surface area contributed by atoms with Gasteiger partial charge in [-0.2, -0.15) is 0 Å². The van der Waals surface area contributed by atoms with Crippen molar-refractivity contribution in [3.8, 4) is 0 Å². The fourth-order valence-corrected chi connectivity index (χ4v) is 2.42. The predicted molar refractivity (Wildman–Crippen MR) is 67.3 cm³/mol. The lowest BCUT2D eigenvalue weighted by molar-refractivity contribution is 0.702. The zero-order valence-corrected chi connectivity index (χ0v) is 10.8. The molecule has 0 amide bonds. The Labute approximate surface area is 108 Å². The zero-order valence-electron chi connectivity index (χ0n) is 8.45. The van der Waals surface area contributed by atoms with Crippen LogP contribution in [-0.4, -0.2) is 16.6 Å². The van der Waals surface area contributed by atoms with Gasteiger partial charge in [0.25, 0.3) is 0 Å². The molecule has 0 saturated heterocycles. The maximum atomic E-state index is 5.99. The van der Waals surface area contributed by atoms with Crippen molar-refractivity contribution < 1.29 is 0 Å². The van der Waals surface area contributed by atoms with Crippen molar-refractivity contribution in [1.82, 2.24) is 14.9 Å². The number of hydrogen-bond donors (Lipinski definition) is 1. The predicted octanol–water partition coefficient (Wildman–Crippen LogP) is 3.15. The molecule has 1 N–H and O–H groups in total. The monoisotopic (exact) mass is 273 g/mol. The Hall–Kier alpha value is -0.680. The first-order valence-electron chi connectivity index (χ1n) is 4.62. The Kier molecular flexibility index (Phi) is 3.76. The SMILES string of the molecule is CNC(c1ccc(Cl)c(Cl)c1)c1cnns1. The van der Waals surface area contributed by atoms with E-state index >= 15 is 0 Å². The highest BCUT2D eigenvalue weighted by Gasteiger charge is 2.15. The van der Waals surface area contributed by atoms with Crippen molar-refractivity contribution in [3.63, 3.8) is 0 Å². The van der Waals surface area contributed by atoms with E-state index in [9.17, 15) is 0 Å². The van der Waals surface area contributed by atoms with E-state index in [1.165, 1.54) is 11.5 Å². The van der Waals surface area contributed by atoms with Crippen molar-refractivity contribution in [2.45, 2.75) is 6.04 Å². The highest BCUT2D eigenvalue weighted by atomic mass is 35.5. The number of aromatic nitrogens is 2. The maximum absolute atomic E-state index is 5.99. The Morgan fingerprint density at radius 1 is 1.31 bits per heavy atom. The van der Waals surface area contributed by atoms with Gasteiger partial charge in [-0.1, -0.05) is 33.8 Å². The van der Waals surface area contributed by atoms with Gasteiger partial charge in [0, 0.05) is 0 Å². The van der Waals surface area contributed by atoms with E-state index < -0.39 is 0 Å². The van der Waals surface area contributed by atoms with E-state index in [1.807, 2.05) is 19.2 Å². The van der Waals surface area contributed by atoms with Crippen LogP contribution in [0.5, 0.6) is 0 Å². The van der Waals surface area contributed by atoms with Crippen LogP contribution in [-0.2, 0) is 0 Å². The number of hydrogen-bond acceptors (Lipinski definition) is 4. The van der Waals surface area contributed by atoms with Crippen LogP contribution in [0.3, 0.4) is 0 Å². The first-order chi connectivity index (χ1) is 7.72. The van der Waals surface area contributed by atoms with Crippen LogP contribution in [0.2, 0.25) is 10.0 Å². The lowest BCUT2D eigenvalue weighted by Gasteiger charge is -2.14. The maximum Gasteiger partial charge on any atom is 0.0701 e. The van der Waals surface area contributed by atoms with E-state index in [0.29, 0.717) is 10.0 Å². The molecule has 3 nitrogen and oxygen atoms in total. The second-order valence-electron chi connectivity index (χ2n) is 3.22. The summed E-state index contributed by atoms with van der Waals surface area (Å²) in [6.07, 6.45) is 1.74. The standard InChI is InChI=1S/C10H9Cl2N3S/c1-13-10(9-5-14-15-16-9)6-2-3-7(11)8(12)4-6/h2-5,10,13H,1H3. The van der Waals surface area contributed by atoms with Crippen LogP contribution < -0.4 is 5.32 Å². The summed E-state index contributed by atoms with van der Waals surface area (Å²) in [6.45, 7) is 0. The summed E-state index contributed by atoms with van der Waals surface area (Å²) in [5.74, 6) is 0. The lowest BCUT2D eigenvalue weighted by Crippen LogP contribution is -2.16. The van der Waals surface area contributed by atoms with E-state index in [2.05, 4.69) is 14.9 Å². The molecule has 1 heterocycles. The molecule has 1 aromatic heterocycles. The minimum absolute atomic E-state index is 0.0507. The van der Waals surface area contributed by atoms with E-state index in [-0.39, 0.29) is 6.04 Å². The molecule has 0 aliphatic carbocycles. The van der Waals surface area contributed by atoms with Gasteiger partial charge in [0.05, 0.1) is 27.2 Å². The minimum atomic E-state index is 0.0507. The third kappa shape index (κ3) is 2.35. The molecule has 0 fully saturated rings. The molecule has 6 heteroatoms. The first-order valence-corrected chi connectivity index (χ1v) is 6.14. The van der Waals surface area contributed by atoms with Crippen LogP contribution in [0.1, 0.15) is 16.5 Å². The van der Waals surface area contributed by atoms with Crippen LogP contribution in [0.4, 0.5) is 0 Å². The van der Waals surface area contributed by atoms with Crippen molar-refractivity contribution >= 4 is 34.7 Å². The number of rotatable bonds is 3. The van der Waals surface area contributed by atoms with Gasteiger partial charge in [-0.25, -0.2) is 0 Å². The molecule has 16 heavy (non-hydrogen) atoms. The van der Waals surface area contributed by atoms with Crippen LogP contribution in [0, 0.1) is 0 Å². The summed E-state index contributed by atoms with van der Waals surface area (Å²) in [7, 11) is 1.88. The molecule has 0 bridgehead atoms. The fraction of sp³-hybridized carbons (Fsp3) is 0.200. The fourth-order valence-electron chi connectivity index (χ4n) is 1.47. The molecule has 1 atom stereocenters. The van der Waals surface area contributed by atoms with Gasteiger partial charge in [-0.05, 0) is 36.3 Å². The van der Waals surface area contributed by atoms with Gasteiger partial charge < -0.3 is 5.32 Å². The summed E-state index contributed by atoms with van der Waals surface area (Å²) in [5.41, 5.74) is 1.04. The quantitative estimate of drug-likeness (QED) is 0.934. The number of nitrogens with zero attached hydrogens (tertiary/aromatic N) is 2. The molecule has 84 valence electrons. The Morgan fingerprint density at radius 3 is 2.69 bits per heavy atom. The summed E-state index contributed by atoms with van der Waals surface area (Å²) in [4.78, 5) is 1.04. The summed E-state index contributed by atoms with van der Waals surface area (Å²) in [6, 6.07) is 5.63. The van der Waals surface area contributed by atoms with Gasteiger partial charge in [0.2, 0.25) is 0 Å². The summed E-state index contributed by atoms with van der Waals surface area (Å²) >= 11 is 13.2. The highest BCUT2D eigenvalue weighted by molar-refractivity contribution is 7.05.